The number of hydrogen-bond donors (Lipinski definition) is 2. The van der Waals surface area contributed by atoms with E-state index in [1.54, 1.807) is 0 Å². The lowest BCUT2D eigenvalue weighted by atomic mass is 10.1. The van der Waals surface area contributed by atoms with Crippen molar-refractivity contribution >= 4 is 12.3 Å². The Morgan fingerprint density at radius 3 is 2.57 bits per heavy atom. The van der Waals surface area contributed by atoms with Gasteiger partial charge in [-0.3, -0.25) is 0 Å². The predicted molar refractivity (Wildman–Crippen MR) is 56.8 cm³/mol. The van der Waals surface area contributed by atoms with Crippen LogP contribution in [0.1, 0.15) is 34.1 Å². The Hall–Kier alpha value is -1.06. The van der Waals surface area contributed by atoms with Gasteiger partial charge >= 0.3 is 6.09 Å². The van der Waals surface area contributed by atoms with Gasteiger partial charge in [-0.15, -0.1) is 0 Å². The average molecular weight is 200 g/mol. The number of rotatable bonds is 4. The van der Waals surface area contributed by atoms with Crippen LogP contribution in [0.4, 0.5) is 4.79 Å². The Morgan fingerprint density at radius 2 is 2.14 bits per heavy atom. The number of alkyl carbamates (subject to hydrolysis) is 1. The van der Waals surface area contributed by atoms with Crippen LogP contribution in [0.2, 0.25) is 0 Å². The summed E-state index contributed by atoms with van der Waals surface area (Å²) in [5, 5.41) is 9.55. The smallest absolute Gasteiger partial charge is 0.407 e. The van der Waals surface area contributed by atoms with E-state index in [4.69, 9.17) is 10.1 Å². The number of carbonyl (C=O) groups is 1. The van der Waals surface area contributed by atoms with Crippen LogP contribution in [-0.2, 0) is 4.74 Å². The van der Waals surface area contributed by atoms with Crippen LogP contribution in [0.15, 0.2) is 0 Å². The first-order valence-electron chi connectivity index (χ1n) is 4.81. The van der Waals surface area contributed by atoms with E-state index in [0.717, 1.165) is 0 Å². The Kier molecular flexibility index (Phi) is 5.20. The zero-order valence-corrected chi connectivity index (χ0v) is 9.39. The van der Waals surface area contributed by atoms with Gasteiger partial charge in [-0.1, -0.05) is 6.92 Å². The van der Waals surface area contributed by atoms with E-state index in [1.165, 1.54) is 6.21 Å². The van der Waals surface area contributed by atoms with E-state index in [9.17, 15) is 4.79 Å². The zero-order chi connectivity index (χ0) is 11.2. The maximum absolute atomic E-state index is 11.2. The maximum Gasteiger partial charge on any atom is 0.407 e. The van der Waals surface area contributed by atoms with Gasteiger partial charge in [0, 0.05) is 6.54 Å². The molecule has 0 saturated heterocycles. The van der Waals surface area contributed by atoms with E-state index in [-0.39, 0.29) is 5.92 Å². The van der Waals surface area contributed by atoms with E-state index in [1.807, 2.05) is 27.7 Å². The molecule has 0 heterocycles. The fourth-order valence-electron chi connectivity index (χ4n) is 0.856. The summed E-state index contributed by atoms with van der Waals surface area (Å²) in [6.45, 7) is 8.00. The highest BCUT2D eigenvalue weighted by Gasteiger charge is 2.15. The molecule has 1 atom stereocenters. The second kappa shape index (κ2) is 5.62. The van der Waals surface area contributed by atoms with Crippen LogP contribution in [-0.4, -0.2) is 24.5 Å². The van der Waals surface area contributed by atoms with Crippen LogP contribution in [0.5, 0.6) is 0 Å². The van der Waals surface area contributed by atoms with E-state index in [2.05, 4.69) is 5.32 Å². The van der Waals surface area contributed by atoms with Gasteiger partial charge in [0.25, 0.3) is 0 Å². The highest BCUT2D eigenvalue weighted by molar-refractivity contribution is 5.67. The largest absolute Gasteiger partial charge is 0.444 e. The standard InChI is InChI=1S/C10H20N2O2/c1-8(5-6-11)7-12-9(13)14-10(2,3)4/h6,8,11H,5,7H2,1-4H3,(H,12,13). The normalized spacial score (nSPS) is 13.1. The van der Waals surface area contributed by atoms with Crippen molar-refractivity contribution in [2.75, 3.05) is 6.54 Å². The van der Waals surface area contributed by atoms with Crippen molar-refractivity contribution in [3.05, 3.63) is 0 Å². The maximum atomic E-state index is 11.2. The number of nitrogens with one attached hydrogen (secondary N) is 2. The third-order valence-corrected chi connectivity index (χ3v) is 1.51. The molecule has 0 aromatic carbocycles. The second-order valence-corrected chi connectivity index (χ2v) is 4.43. The summed E-state index contributed by atoms with van der Waals surface area (Å²) < 4.78 is 5.06. The number of hydrogen-bond acceptors (Lipinski definition) is 3. The average Bonchev–Trinajstić information content (AvgIpc) is 1.98. The molecule has 1 unspecified atom stereocenters. The zero-order valence-electron chi connectivity index (χ0n) is 9.39. The third kappa shape index (κ3) is 7.58. The molecule has 0 fully saturated rings. The Labute approximate surface area is 85.5 Å². The van der Waals surface area contributed by atoms with Crippen molar-refractivity contribution < 1.29 is 9.53 Å². The van der Waals surface area contributed by atoms with Crippen LogP contribution in [0.25, 0.3) is 0 Å². The highest BCUT2D eigenvalue weighted by atomic mass is 16.6. The number of ether oxygens (including phenoxy) is 1. The SMILES string of the molecule is CC(CC=N)CNC(=O)OC(C)(C)C. The first-order valence-corrected chi connectivity index (χ1v) is 4.81. The van der Waals surface area contributed by atoms with Gasteiger partial charge in [0.2, 0.25) is 0 Å². The van der Waals surface area contributed by atoms with E-state index in [0.29, 0.717) is 13.0 Å². The molecule has 0 aliphatic rings. The lowest BCUT2D eigenvalue weighted by molar-refractivity contribution is 0.0521. The Bertz CT molecular complexity index is 197. The van der Waals surface area contributed by atoms with E-state index >= 15 is 0 Å². The lowest BCUT2D eigenvalue weighted by Crippen LogP contribution is -2.34. The molecule has 4 heteroatoms. The monoisotopic (exact) mass is 200 g/mol. The molecule has 2 N–H and O–H groups in total. The summed E-state index contributed by atoms with van der Waals surface area (Å²) in [5.74, 6) is 0.278. The summed E-state index contributed by atoms with van der Waals surface area (Å²) >= 11 is 0. The molecule has 0 aromatic rings. The third-order valence-electron chi connectivity index (χ3n) is 1.51. The lowest BCUT2D eigenvalue weighted by Gasteiger charge is -2.20. The van der Waals surface area contributed by atoms with Gasteiger partial charge in [0.1, 0.15) is 5.60 Å². The van der Waals surface area contributed by atoms with Crippen molar-refractivity contribution in [3.8, 4) is 0 Å². The molecule has 0 aromatic heterocycles. The van der Waals surface area contributed by atoms with Crippen LogP contribution in [0.3, 0.4) is 0 Å². The minimum atomic E-state index is -0.450. The second-order valence-electron chi connectivity index (χ2n) is 4.43. The van der Waals surface area contributed by atoms with Crippen molar-refractivity contribution in [2.45, 2.75) is 39.7 Å². The molecule has 0 bridgehead atoms. The minimum absolute atomic E-state index is 0.278. The van der Waals surface area contributed by atoms with E-state index < -0.39 is 11.7 Å². The van der Waals surface area contributed by atoms with Crippen molar-refractivity contribution in [3.63, 3.8) is 0 Å². The fourth-order valence-corrected chi connectivity index (χ4v) is 0.856. The molecule has 0 spiro atoms. The van der Waals surface area contributed by atoms with Crippen LogP contribution < -0.4 is 5.32 Å². The van der Waals surface area contributed by atoms with Gasteiger partial charge < -0.3 is 15.5 Å². The fraction of sp³-hybridized carbons (Fsp3) is 0.800. The predicted octanol–water partition coefficient (Wildman–Crippen LogP) is 2.19. The molecule has 1 amide bonds. The number of amides is 1. The summed E-state index contributed by atoms with van der Waals surface area (Å²) in [5.41, 5.74) is -0.450. The summed E-state index contributed by atoms with van der Waals surface area (Å²) in [6, 6.07) is 0. The molecule has 0 rings (SSSR count). The molecule has 0 aliphatic carbocycles. The molecule has 14 heavy (non-hydrogen) atoms. The van der Waals surface area contributed by atoms with Gasteiger partial charge in [0.05, 0.1) is 0 Å². The van der Waals surface area contributed by atoms with Crippen molar-refractivity contribution in [1.29, 1.82) is 5.41 Å². The Balaban J connectivity index is 3.69. The molecule has 82 valence electrons. The van der Waals surface area contributed by atoms with Gasteiger partial charge in [0.15, 0.2) is 0 Å². The van der Waals surface area contributed by atoms with Gasteiger partial charge in [-0.2, -0.15) is 0 Å². The van der Waals surface area contributed by atoms with Crippen molar-refractivity contribution in [1.82, 2.24) is 5.32 Å². The summed E-state index contributed by atoms with van der Waals surface area (Å²) in [7, 11) is 0. The minimum Gasteiger partial charge on any atom is -0.444 e. The van der Waals surface area contributed by atoms with Gasteiger partial charge in [-0.25, -0.2) is 4.79 Å². The summed E-state index contributed by atoms with van der Waals surface area (Å²) in [4.78, 5) is 11.2. The van der Waals surface area contributed by atoms with Crippen LogP contribution >= 0.6 is 0 Å². The van der Waals surface area contributed by atoms with Crippen LogP contribution in [0, 0.1) is 11.3 Å². The Morgan fingerprint density at radius 1 is 1.57 bits per heavy atom. The first kappa shape index (κ1) is 12.9. The number of carbonyl (C=O) groups excluding carboxylic acids is 1. The molecular weight excluding hydrogens is 180 g/mol. The van der Waals surface area contributed by atoms with Crippen molar-refractivity contribution in [2.24, 2.45) is 5.92 Å². The quantitative estimate of drug-likeness (QED) is 0.683. The topological polar surface area (TPSA) is 62.2 Å². The molecule has 0 saturated carbocycles. The molecular formula is C10H20N2O2. The first-order chi connectivity index (χ1) is 6.35. The molecule has 4 nitrogen and oxygen atoms in total. The summed E-state index contributed by atoms with van der Waals surface area (Å²) in [6.07, 6.45) is 1.63. The van der Waals surface area contributed by atoms with Gasteiger partial charge in [-0.05, 0) is 39.3 Å². The highest BCUT2D eigenvalue weighted by Crippen LogP contribution is 2.06. The molecule has 0 radical (unpaired) electrons. The molecule has 0 aliphatic heterocycles.